The van der Waals surface area contributed by atoms with Crippen molar-refractivity contribution >= 4 is 6.08 Å². The predicted octanol–water partition coefficient (Wildman–Crippen LogP) is 5.38. The molecule has 96 valence electrons. The molecule has 3 rings (SSSR count). The Labute approximate surface area is 115 Å². The molecule has 0 aromatic heterocycles. The molecule has 0 N–H and O–H groups in total. The van der Waals surface area contributed by atoms with Gasteiger partial charge in [-0.2, -0.15) is 0 Å². The van der Waals surface area contributed by atoms with Crippen molar-refractivity contribution in [3.8, 4) is 0 Å². The van der Waals surface area contributed by atoms with Crippen LogP contribution in [0, 0.1) is 0 Å². The van der Waals surface area contributed by atoms with E-state index < -0.39 is 0 Å². The molecule has 0 amide bonds. The van der Waals surface area contributed by atoms with Gasteiger partial charge in [0.25, 0.3) is 0 Å². The van der Waals surface area contributed by atoms with Crippen LogP contribution in [0.15, 0.2) is 61.2 Å². The molecule has 0 aliphatic heterocycles. The minimum Gasteiger partial charge on any atom is -0.0985 e. The van der Waals surface area contributed by atoms with Crippen LogP contribution in [0.5, 0.6) is 0 Å². The van der Waals surface area contributed by atoms with Gasteiger partial charge in [-0.3, -0.25) is 0 Å². The molecule has 0 heterocycles. The molecule has 19 heavy (non-hydrogen) atoms. The third-order valence-corrected chi connectivity index (χ3v) is 4.36. The number of hydrogen-bond donors (Lipinski definition) is 0. The second-order valence-electron chi connectivity index (χ2n) is 5.39. The Morgan fingerprint density at radius 3 is 2.32 bits per heavy atom. The molecular weight excluding hydrogens is 228 g/mol. The van der Waals surface area contributed by atoms with Gasteiger partial charge in [-0.05, 0) is 41.4 Å². The largest absolute Gasteiger partial charge is 0.0985 e. The van der Waals surface area contributed by atoms with E-state index in [1.165, 1.54) is 36.0 Å². The van der Waals surface area contributed by atoms with Crippen molar-refractivity contribution in [2.45, 2.75) is 31.1 Å². The lowest BCUT2D eigenvalue weighted by Gasteiger charge is -2.22. The van der Waals surface area contributed by atoms with Crippen molar-refractivity contribution < 1.29 is 0 Å². The van der Waals surface area contributed by atoms with Crippen LogP contribution >= 0.6 is 0 Å². The molecule has 0 spiro atoms. The van der Waals surface area contributed by atoms with Crippen LogP contribution in [-0.4, -0.2) is 0 Å². The van der Waals surface area contributed by atoms with Crippen LogP contribution in [0.3, 0.4) is 0 Å². The summed E-state index contributed by atoms with van der Waals surface area (Å²) in [4.78, 5) is 0. The van der Waals surface area contributed by atoms with E-state index in [0.717, 1.165) is 0 Å². The van der Waals surface area contributed by atoms with Crippen molar-refractivity contribution in [3.63, 3.8) is 0 Å². The number of hydrogen-bond acceptors (Lipinski definition) is 0. The molecule has 0 radical (unpaired) electrons. The van der Waals surface area contributed by atoms with E-state index in [2.05, 4.69) is 61.2 Å². The normalized spacial score (nSPS) is 22.3. The van der Waals surface area contributed by atoms with Crippen molar-refractivity contribution in [1.29, 1.82) is 0 Å². The fourth-order valence-corrected chi connectivity index (χ4v) is 3.47. The molecule has 1 aliphatic rings. The molecule has 1 saturated carbocycles. The van der Waals surface area contributed by atoms with E-state index in [4.69, 9.17) is 0 Å². The SMILES string of the molecule is C=Cc1ccccc1C1CCCC1c1ccccc1. The molecule has 0 nitrogen and oxygen atoms in total. The molecule has 1 aliphatic carbocycles. The summed E-state index contributed by atoms with van der Waals surface area (Å²) in [5.74, 6) is 1.32. The fraction of sp³-hybridized carbons (Fsp3) is 0.263. The lowest BCUT2D eigenvalue weighted by Crippen LogP contribution is -2.06. The van der Waals surface area contributed by atoms with E-state index in [-0.39, 0.29) is 0 Å². The summed E-state index contributed by atoms with van der Waals surface area (Å²) in [6.45, 7) is 3.96. The van der Waals surface area contributed by atoms with Crippen molar-refractivity contribution in [2.75, 3.05) is 0 Å². The molecule has 0 bridgehead atoms. The van der Waals surface area contributed by atoms with Crippen LogP contribution < -0.4 is 0 Å². The standard InChI is InChI=1S/C19H20/c1-2-15-9-6-7-12-17(15)19-14-8-13-18(19)16-10-4-3-5-11-16/h2-7,9-12,18-19H,1,8,13-14H2. The van der Waals surface area contributed by atoms with Crippen LogP contribution in [0.4, 0.5) is 0 Å². The van der Waals surface area contributed by atoms with Gasteiger partial charge in [0.05, 0.1) is 0 Å². The average Bonchev–Trinajstić information content (AvgIpc) is 2.97. The molecule has 1 fully saturated rings. The summed E-state index contributed by atoms with van der Waals surface area (Å²) in [6, 6.07) is 19.7. The van der Waals surface area contributed by atoms with Gasteiger partial charge in [0, 0.05) is 0 Å². The molecule has 2 unspecified atom stereocenters. The smallest absolute Gasteiger partial charge is 0.00872 e. The lowest BCUT2D eigenvalue weighted by molar-refractivity contribution is 0.623. The Bertz CT molecular complexity index is 553. The molecule has 0 heteroatoms. The van der Waals surface area contributed by atoms with Gasteiger partial charge < -0.3 is 0 Å². The van der Waals surface area contributed by atoms with Gasteiger partial charge in [-0.25, -0.2) is 0 Å². The van der Waals surface area contributed by atoms with Crippen molar-refractivity contribution in [1.82, 2.24) is 0 Å². The second kappa shape index (κ2) is 5.44. The summed E-state index contributed by atoms with van der Waals surface area (Å²) in [5.41, 5.74) is 4.27. The third-order valence-electron chi connectivity index (χ3n) is 4.36. The highest BCUT2D eigenvalue weighted by Gasteiger charge is 2.30. The fourth-order valence-electron chi connectivity index (χ4n) is 3.47. The maximum absolute atomic E-state index is 3.96. The predicted molar refractivity (Wildman–Crippen MR) is 82.3 cm³/mol. The maximum atomic E-state index is 3.96. The highest BCUT2D eigenvalue weighted by molar-refractivity contribution is 5.53. The van der Waals surface area contributed by atoms with Gasteiger partial charge in [-0.15, -0.1) is 0 Å². The minimum absolute atomic E-state index is 0.650. The van der Waals surface area contributed by atoms with Crippen molar-refractivity contribution in [2.24, 2.45) is 0 Å². The maximum Gasteiger partial charge on any atom is -0.00872 e. The second-order valence-corrected chi connectivity index (χ2v) is 5.39. The van der Waals surface area contributed by atoms with E-state index in [9.17, 15) is 0 Å². The van der Waals surface area contributed by atoms with Gasteiger partial charge in [0.15, 0.2) is 0 Å². The van der Waals surface area contributed by atoms with Crippen LogP contribution in [-0.2, 0) is 0 Å². The molecule has 0 saturated heterocycles. The first kappa shape index (κ1) is 12.2. The molecule has 2 atom stereocenters. The van der Waals surface area contributed by atoms with Gasteiger partial charge in [0.1, 0.15) is 0 Å². The first-order valence-corrected chi connectivity index (χ1v) is 7.16. The average molecular weight is 248 g/mol. The first-order valence-electron chi connectivity index (χ1n) is 7.16. The van der Waals surface area contributed by atoms with E-state index in [1.807, 2.05) is 6.08 Å². The highest BCUT2D eigenvalue weighted by Crippen LogP contribution is 2.46. The third kappa shape index (κ3) is 2.35. The molecule has 2 aromatic rings. The van der Waals surface area contributed by atoms with Crippen LogP contribution in [0.1, 0.15) is 47.8 Å². The number of benzene rings is 2. The summed E-state index contributed by atoms with van der Waals surface area (Å²) in [6.07, 6.45) is 5.93. The van der Waals surface area contributed by atoms with E-state index >= 15 is 0 Å². The quantitative estimate of drug-likeness (QED) is 0.684. The zero-order valence-electron chi connectivity index (χ0n) is 11.3. The Hall–Kier alpha value is -1.82. The van der Waals surface area contributed by atoms with Gasteiger partial charge in [-0.1, -0.05) is 73.7 Å². The van der Waals surface area contributed by atoms with Crippen LogP contribution in [0.2, 0.25) is 0 Å². The number of rotatable bonds is 3. The Morgan fingerprint density at radius 1 is 0.842 bits per heavy atom. The summed E-state index contributed by atoms with van der Waals surface area (Å²) in [7, 11) is 0. The summed E-state index contributed by atoms with van der Waals surface area (Å²) < 4.78 is 0. The van der Waals surface area contributed by atoms with E-state index in [0.29, 0.717) is 11.8 Å². The summed E-state index contributed by atoms with van der Waals surface area (Å²) in [5, 5.41) is 0. The zero-order valence-corrected chi connectivity index (χ0v) is 11.3. The lowest BCUT2D eigenvalue weighted by atomic mass is 9.82. The molecular formula is C19H20. The first-order chi connectivity index (χ1) is 9.40. The highest BCUT2D eigenvalue weighted by atomic mass is 14.3. The Balaban J connectivity index is 1.98. The van der Waals surface area contributed by atoms with E-state index in [1.54, 1.807) is 0 Å². The van der Waals surface area contributed by atoms with Gasteiger partial charge in [0.2, 0.25) is 0 Å². The Kier molecular flexibility index (Phi) is 3.50. The molecule has 2 aromatic carbocycles. The van der Waals surface area contributed by atoms with Crippen molar-refractivity contribution in [3.05, 3.63) is 77.9 Å². The van der Waals surface area contributed by atoms with Crippen LogP contribution in [0.25, 0.3) is 6.08 Å². The Morgan fingerprint density at radius 2 is 1.53 bits per heavy atom. The summed E-state index contributed by atoms with van der Waals surface area (Å²) >= 11 is 0. The zero-order chi connectivity index (χ0) is 13.1. The topological polar surface area (TPSA) is 0 Å². The van der Waals surface area contributed by atoms with Gasteiger partial charge >= 0.3 is 0 Å². The monoisotopic (exact) mass is 248 g/mol. The minimum atomic E-state index is 0.650.